The molecule has 0 radical (unpaired) electrons. The van der Waals surface area contributed by atoms with Gasteiger partial charge in [-0.2, -0.15) is 11.3 Å². The van der Waals surface area contributed by atoms with Crippen LogP contribution in [-0.2, 0) is 10.8 Å². The number of carbonyl (C=O) groups excluding carboxylic acids is 1. The van der Waals surface area contributed by atoms with E-state index < -0.39 is 13.9 Å². The van der Waals surface area contributed by atoms with Gasteiger partial charge in [0.1, 0.15) is 5.82 Å². The Morgan fingerprint density at radius 3 is 2.45 bits per heavy atom. The predicted octanol–water partition coefficient (Wildman–Crippen LogP) is 7.14. The summed E-state index contributed by atoms with van der Waals surface area (Å²) in [5.74, 6) is 0.112. The van der Waals surface area contributed by atoms with Crippen molar-refractivity contribution in [2.24, 2.45) is 0 Å². The molecule has 0 aliphatic carbocycles. The lowest BCUT2D eigenvalue weighted by Crippen LogP contribution is -2.45. The summed E-state index contributed by atoms with van der Waals surface area (Å²) in [4.78, 5) is 36.6. The molecule has 0 bridgehead atoms. The van der Waals surface area contributed by atoms with Crippen molar-refractivity contribution in [3.05, 3.63) is 68.5 Å². The average Bonchev–Trinajstić information content (AvgIpc) is 3.35. The minimum atomic E-state index is -1.97. The number of hydrogen-bond donors (Lipinski definition) is 1. The minimum absolute atomic E-state index is 0.00762. The maximum absolute atomic E-state index is 14.0. The molecule has 2 heterocycles. The molecule has 0 unspecified atom stereocenters. The molecule has 2 aromatic heterocycles. The second-order valence-electron chi connectivity index (χ2n) is 11.9. The number of hydrogen-bond acceptors (Lipinski definition) is 6. The van der Waals surface area contributed by atoms with Gasteiger partial charge in [-0.1, -0.05) is 64.4 Å². The molecule has 7 nitrogen and oxygen atoms in total. The number of H-pyrrole nitrogens is 1. The number of benzene rings is 1. The summed E-state index contributed by atoms with van der Waals surface area (Å²) >= 11 is 1.60. The van der Waals surface area contributed by atoms with Crippen LogP contribution in [0, 0.1) is 0 Å². The van der Waals surface area contributed by atoms with Gasteiger partial charge in [0.15, 0.2) is 14.0 Å². The molecule has 1 aromatic carbocycles. The Morgan fingerprint density at radius 2 is 1.82 bits per heavy atom. The Morgan fingerprint density at radius 1 is 1.12 bits per heavy atom. The lowest BCUT2D eigenvalue weighted by Gasteiger charge is -2.37. The van der Waals surface area contributed by atoms with E-state index in [0.717, 1.165) is 29.5 Å². The molecule has 0 atom stereocenters. The van der Waals surface area contributed by atoms with Gasteiger partial charge in [-0.3, -0.25) is 9.59 Å². The van der Waals surface area contributed by atoms with Gasteiger partial charge in [0, 0.05) is 19.0 Å². The maximum Gasteiger partial charge on any atom is 0.294 e. The summed E-state index contributed by atoms with van der Waals surface area (Å²) in [7, 11) is -1.97. The zero-order valence-corrected chi connectivity index (χ0v) is 27.1. The van der Waals surface area contributed by atoms with E-state index in [0.29, 0.717) is 32.0 Å². The van der Waals surface area contributed by atoms with Gasteiger partial charge >= 0.3 is 0 Å². The highest BCUT2D eigenvalue weighted by Crippen LogP contribution is 2.36. The van der Waals surface area contributed by atoms with Crippen LogP contribution in [0.15, 0.2) is 45.9 Å². The monoisotopic (exact) mass is 583 g/mol. The molecular formula is C31H45N3O4SSi. The summed E-state index contributed by atoms with van der Waals surface area (Å²) in [5.41, 5.74) is 2.87. The molecule has 3 aromatic rings. The number of ether oxygens (including phenoxy) is 1. The third-order valence-electron chi connectivity index (χ3n) is 7.54. The molecule has 40 heavy (non-hydrogen) atoms. The van der Waals surface area contributed by atoms with Crippen molar-refractivity contribution in [1.82, 2.24) is 14.9 Å². The van der Waals surface area contributed by atoms with E-state index >= 15 is 0 Å². The zero-order chi connectivity index (χ0) is 29.5. The standard InChI is InChI=1S/C31H45N3O4SSi/c1-9-10-17-37-28-27(30(36)34(22(2)3)16-18-38-40(7,8)31(4,5)6)32-26(33-29(28)35)19-24-20-39-21-25(24)23-14-12-11-13-15-23/h11-15,20-22H,9-10,16-19H2,1-8H3,(H,32,33,35). The van der Waals surface area contributed by atoms with Gasteiger partial charge in [0.25, 0.3) is 11.5 Å². The first kappa shape index (κ1) is 31.8. The van der Waals surface area contributed by atoms with Crippen LogP contribution in [0.2, 0.25) is 18.1 Å². The first-order chi connectivity index (χ1) is 18.9. The van der Waals surface area contributed by atoms with Crippen molar-refractivity contribution < 1.29 is 14.0 Å². The van der Waals surface area contributed by atoms with E-state index in [1.54, 1.807) is 16.2 Å². The number of carbonyl (C=O) groups is 1. The van der Waals surface area contributed by atoms with E-state index in [1.165, 1.54) is 0 Å². The van der Waals surface area contributed by atoms with Crippen LogP contribution in [0.4, 0.5) is 0 Å². The highest BCUT2D eigenvalue weighted by atomic mass is 32.1. The highest BCUT2D eigenvalue weighted by Gasteiger charge is 2.37. The predicted molar refractivity (Wildman–Crippen MR) is 167 cm³/mol. The molecule has 0 spiro atoms. The summed E-state index contributed by atoms with van der Waals surface area (Å²) < 4.78 is 12.2. The van der Waals surface area contributed by atoms with Crippen LogP contribution in [0.5, 0.6) is 5.75 Å². The van der Waals surface area contributed by atoms with Crippen LogP contribution < -0.4 is 10.3 Å². The highest BCUT2D eigenvalue weighted by molar-refractivity contribution is 7.08. The van der Waals surface area contributed by atoms with Gasteiger partial charge < -0.3 is 19.0 Å². The van der Waals surface area contributed by atoms with Gasteiger partial charge in [-0.05, 0) is 65.9 Å². The summed E-state index contributed by atoms with van der Waals surface area (Å²) in [6, 6.07) is 10.0. The van der Waals surface area contributed by atoms with Crippen molar-refractivity contribution in [3.8, 4) is 16.9 Å². The second-order valence-corrected chi connectivity index (χ2v) is 17.5. The molecule has 0 aliphatic heterocycles. The van der Waals surface area contributed by atoms with Crippen LogP contribution in [-0.4, -0.2) is 54.9 Å². The van der Waals surface area contributed by atoms with E-state index in [9.17, 15) is 9.59 Å². The van der Waals surface area contributed by atoms with E-state index in [1.807, 2.05) is 32.0 Å². The van der Waals surface area contributed by atoms with Crippen LogP contribution in [0.25, 0.3) is 11.1 Å². The number of rotatable bonds is 13. The smallest absolute Gasteiger partial charge is 0.294 e. The van der Waals surface area contributed by atoms with Crippen molar-refractivity contribution in [2.75, 3.05) is 19.8 Å². The Hall–Kier alpha value is -2.75. The Bertz CT molecular complexity index is 1310. The van der Waals surface area contributed by atoms with Crippen molar-refractivity contribution >= 4 is 25.6 Å². The summed E-state index contributed by atoms with van der Waals surface area (Å²) in [6.45, 7) is 18.2. The zero-order valence-electron chi connectivity index (χ0n) is 25.3. The summed E-state index contributed by atoms with van der Waals surface area (Å²) in [6.07, 6.45) is 2.09. The van der Waals surface area contributed by atoms with Gasteiger partial charge in [-0.25, -0.2) is 4.98 Å². The molecule has 0 saturated heterocycles. The normalized spacial score (nSPS) is 12.1. The van der Waals surface area contributed by atoms with E-state index in [-0.39, 0.29) is 28.4 Å². The molecule has 1 N–H and O–H groups in total. The fourth-order valence-electron chi connectivity index (χ4n) is 4.05. The Labute approximate surface area is 244 Å². The largest absolute Gasteiger partial charge is 0.486 e. The minimum Gasteiger partial charge on any atom is -0.486 e. The van der Waals surface area contributed by atoms with Crippen LogP contribution in [0.3, 0.4) is 0 Å². The number of unbranched alkanes of at least 4 members (excludes halogenated alkanes) is 1. The summed E-state index contributed by atoms with van der Waals surface area (Å²) in [5, 5.41) is 4.23. The van der Waals surface area contributed by atoms with Gasteiger partial charge in [-0.15, -0.1) is 0 Å². The number of aromatic amines is 1. The second kappa shape index (κ2) is 13.7. The number of amides is 1. The van der Waals surface area contributed by atoms with Crippen molar-refractivity contribution in [2.45, 2.75) is 85.0 Å². The number of nitrogens with zero attached hydrogens (tertiary/aromatic N) is 2. The molecule has 1 amide bonds. The van der Waals surface area contributed by atoms with Gasteiger partial charge in [0.2, 0.25) is 5.75 Å². The molecule has 3 rings (SSSR count). The number of nitrogens with one attached hydrogen (secondary N) is 1. The number of aromatic nitrogens is 2. The average molecular weight is 584 g/mol. The molecule has 0 aliphatic rings. The molecule has 0 saturated carbocycles. The van der Waals surface area contributed by atoms with E-state index in [4.69, 9.17) is 14.1 Å². The van der Waals surface area contributed by atoms with Crippen LogP contribution in [0.1, 0.15) is 76.3 Å². The first-order valence-corrected chi connectivity index (χ1v) is 18.0. The molecular weight excluding hydrogens is 539 g/mol. The van der Waals surface area contributed by atoms with Crippen molar-refractivity contribution in [3.63, 3.8) is 0 Å². The quantitative estimate of drug-likeness (QED) is 0.171. The maximum atomic E-state index is 14.0. The Kier molecular flexibility index (Phi) is 10.9. The molecule has 218 valence electrons. The lowest BCUT2D eigenvalue weighted by molar-refractivity contribution is 0.0657. The van der Waals surface area contributed by atoms with E-state index in [2.05, 4.69) is 68.7 Å². The molecule has 0 fully saturated rings. The van der Waals surface area contributed by atoms with Crippen molar-refractivity contribution in [1.29, 1.82) is 0 Å². The SMILES string of the molecule is CCCCOc1c(C(=O)N(CCO[Si](C)(C)C(C)(C)C)C(C)C)nc(Cc2cscc2-c2ccccc2)[nH]c1=O. The number of thiophene rings is 1. The van der Waals surface area contributed by atoms with Gasteiger partial charge in [0.05, 0.1) is 13.2 Å². The first-order valence-electron chi connectivity index (χ1n) is 14.2. The Balaban J connectivity index is 1.93. The lowest BCUT2D eigenvalue weighted by atomic mass is 10.0. The fourth-order valence-corrected chi connectivity index (χ4v) is 5.95. The third-order valence-corrected chi connectivity index (χ3v) is 12.9. The molecule has 9 heteroatoms. The topological polar surface area (TPSA) is 84.5 Å². The fraction of sp³-hybridized carbons (Fsp3) is 0.516. The third kappa shape index (κ3) is 7.92. The van der Waals surface area contributed by atoms with Crippen LogP contribution >= 0.6 is 11.3 Å².